The van der Waals surface area contributed by atoms with E-state index in [4.69, 9.17) is 9.47 Å². The molecule has 0 aliphatic carbocycles. The first-order valence-electron chi connectivity index (χ1n) is 10.6. The number of benzene rings is 3. The van der Waals surface area contributed by atoms with Crippen LogP contribution in [0.1, 0.15) is 39.0 Å². The van der Waals surface area contributed by atoms with Crippen LogP contribution < -0.4 is 9.47 Å². The number of rotatable bonds is 8. The largest absolute Gasteiger partial charge is 0.618 e. The summed E-state index contributed by atoms with van der Waals surface area (Å²) in [7, 11) is 0. The van der Waals surface area contributed by atoms with Gasteiger partial charge in [-0.1, -0.05) is 30.3 Å². The van der Waals surface area contributed by atoms with Gasteiger partial charge >= 0.3 is 5.97 Å². The number of ether oxygens (including phenoxy) is 2. The zero-order valence-electron chi connectivity index (χ0n) is 18.5. The summed E-state index contributed by atoms with van der Waals surface area (Å²) < 4.78 is 11.2. The van der Waals surface area contributed by atoms with Crippen molar-refractivity contribution in [2.75, 3.05) is 6.61 Å². The molecule has 0 N–H and O–H groups in total. The molecular formula is C25H19N3O7. The maximum Gasteiger partial charge on any atom is 0.338 e. The van der Waals surface area contributed by atoms with E-state index in [-0.39, 0.29) is 39.2 Å². The maximum atomic E-state index is 13.3. The van der Waals surface area contributed by atoms with Crippen LogP contribution in [-0.4, -0.2) is 28.3 Å². The lowest BCUT2D eigenvalue weighted by Crippen LogP contribution is -2.38. The Morgan fingerprint density at radius 2 is 1.71 bits per heavy atom. The Morgan fingerprint density at radius 1 is 1.00 bits per heavy atom. The minimum Gasteiger partial charge on any atom is -0.618 e. The lowest BCUT2D eigenvalue weighted by molar-refractivity contribution is -0.580. The van der Waals surface area contributed by atoms with Crippen molar-refractivity contribution < 1.29 is 28.7 Å². The molecule has 4 rings (SSSR count). The molecule has 0 spiro atoms. The molecule has 0 amide bonds. The molecule has 0 aliphatic heterocycles. The topological polar surface area (TPSA) is 136 Å². The third kappa shape index (κ3) is 4.91. The van der Waals surface area contributed by atoms with Crippen LogP contribution in [0.2, 0.25) is 0 Å². The highest BCUT2D eigenvalue weighted by atomic mass is 16.6. The summed E-state index contributed by atoms with van der Waals surface area (Å²) in [6, 6.07) is 17.8. The molecule has 0 fully saturated rings. The summed E-state index contributed by atoms with van der Waals surface area (Å²) in [4.78, 5) is 40.4. The van der Waals surface area contributed by atoms with Crippen LogP contribution in [0.4, 0.5) is 5.69 Å². The molecule has 176 valence electrons. The van der Waals surface area contributed by atoms with Gasteiger partial charge in [0.15, 0.2) is 5.69 Å². The van der Waals surface area contributed by atoms with Crippen molar-refractivity contribution in [3.63, 3.8) is 0 Å². The Hall–Kier alpha value is -4.86. The van der Waals surface area contributed by atoms with E-state index >= 15 is 0 Å². The summed E-state index contributed by atoms with van der Waals surface area (Å²) in [5.41, 5.74) is 0.267. The molecule has 0 atom stereocenters. The number of fused-ring (bicyclic) bond motifs is 1. The second-order valence-electron chi connectivity index (χ2n) is 7.36. The van der Waals surface area contributed by atoms with Gasteiger partial charge in [0.05, 0.1) is 23.2 Å². The van der Waals surface area contributed by atoms with Gasteiger partial charge in [0.1, 0.15) is 17.9 Å². The molecule has 35 heavy (non-hydrogen) atoms. The molecule has 4 aromatic rings. The number of aromatic nitrogens is 2. The molecule has 0 saturated carbocycles. The smallest absolute Gasteiger partial charge is 0.338 e. The quantitative estimate of drug-likeness (QED) is 0.0942. The van der Waals surface area contributed by atoms with Gasteiger partial charge < -0.3 is 14.7 Å². The number of hydrogen-bond donors (Lipinski definition) is 0. The van der Waals surface area contributed by atoms with Crippen LogP contribution in [-0.2, 0) is 11.3 Å². The highest BCUT2D eigenvalue weighted by molar-refractivity contribution is 6.07. The van der Waals surface area contributed by atoms with E-state index in [0.717, 1.165) is 0 Å². The number of non-ortho nitro benzene ring substituents is 1. The Labute approximate surface area is 199 Å². The Balaban J connectivity index is 1.72. The van der Waals surface area contributed by atoms with E-state index in [1.807, 2.05) is 0 Å². The molecule has 0 unspecified atom stereocenters. The van der Waals surface area contributed by atoms with Gasteiger partial charge in [-0.25, -0.2) is 9.78 Å². The zero-order chi connectivity index (χ0) is 24.9. The zero-order valence-corrected chi connectivity index (χ0v) is 18.5. The maximum absolute atomic E-state index is 13.3. The second-order valence-corrected chi connectivity index (χ2v) is 7.36. The first-order valence-corrected chi connectivity index (χ1v) is 10.6. The monoisotopic (exact) mass is 473 g/mol. The van der Waals surface area contributed by atoms with Gasteiger partial charge in [-0.3, -0.25) is 14.9 Å². The van der Waals surface area contributed by atoms with Crippen molar-refractivity contribution in [1.82, 2.24) is 4.98 Å². The number of nitrogens with zero attached hydrogens (tertiary/aromatic N) is 3. The molecule has 10 nitrogen and oxygen atoms in total. The molecular weight excluding hydrogens is 454 g/mol. The number of carbonyl (C=O) groups excluding carboxylic acids is 2. The Bertz CT molecular complexity index is 1420. The fourth-order valence-electron chi connectivity index (χ4n) is 3.44. The van der Waals surface area contributed by atoms with E-state index in [2.05, 4.69) is 4.98 Å². The van der Waals surface area contributed by atoms with Gasteiger partial charge in [0.25, 0.3) is 17.2 Å². The van der Waals surface area contributed by atoms with E-state index < -0.39 is 23.3 Å². The number of ketones is 1. The van der Waals surface area contributed by atoms with Gasteiger partial charge in [-0.2, -0.15) is 4.73 Å². The standard InChI is InChI=1S/C25H19N3O7/c1-2-34-19-12-13-20-22(14-19)27(31)23(24(29)16-6-4-3-5-7-16)21(26-20)15-35-25(30)17-8-10-18(11-9-17)28(32)33/h3-14H,2,15H2,1H3. The van der Waals surface area contributed by atoms with Crippen LogP contribution in [0, 0.1) is 15.3 Å². The van der Waals surface area contributed by atoms with E-state index in [9.17, 15) is 24.9 Å². The molecule has 0 radical (unpaired) electrons. The lowest BCUT2D eigenvalue weighted by atomic mass is 10.1. The molecule has 3 aromatic carbocycles. The lowest BCUT2D eigenvalue weighted by Gasteiger charge is -2.13. The highest BCUT2D eigenvalue weighted by Crippen LogP contribution is 2.21. The van der Waals surface area contributed by atoms with Crippen molar-refractivity contribution in [3.05, 3.63) is 111 Å². The van der Waals surface area contributed by atoms with Crippen molar-refractivity contribution in [3.8, 4) is 5.75 Å². The van der Waals surface area contributed by atoms with Crippen LogP contribution in [0.25, 0.3) is 11.0 Å². The number of nitro groups is 1. The molecule has 1 heterocycles. The Kier molecular flexibility index (Phi) is 6.63. The minimum absolute atomic E-state index is 0.0271. The van der Waals surface area contributed by atoms with Crippen LogP contribution in [0.3, 0.4) is 0 Å². The highest BCUT2D eigenvalue weighted by Gasteiger charge is 2.28. The van der Waals surface area contributed by atoms with Gasteiger partial charge in [-0.15, -0.1) is 0 Å². The average Bonchev–Trinajstić information content (AvgIpc) is 2.88. The SMILES string of the molecule is CCOc1ccc2nc(COC(=O)c3ccc([N+](=O)[O-])cc3)c(C(=O)c3ccccc3)[n+]([O-])c2c1. The third-order valence-electron chi connectivity index (χ3n) is 5.11. The number of nitro benzene ring substituents is 1. The summed E-state index contributed by atoms with van der Waals surface area (Å²) in [5.74, 6) is -0.927. The molecule has 1 aromatic heterocycles. The van der Waals surface area contributed by atoms with Crippen LogP contribution in [0.5, 0.6) is 5.75 Å². The van der Waals surface area contributed by atoms with Crippen molar-refractivity contribution >= 4 is 28.5 Å². The number of carbonyl (C=O) groups is 2. The summed E-state index contributed by atoms with van der Waals surface area (Å²) in [5, 5.41) is 24.1. The fourth-order valence-corrected chi connectivity index (χ4v) is 3.44. The average molecular weight is 473 g/mol. The Morgan fingerprint density at radius 3 is 2.37 bits per heavy atom. The molecule has 10 heteroatoms. The van der Waals surface area contributed by atoms with Crippen molar-refractivity contribution in [2.45, 2.75) is 13.5 Å². The molecule has 0 aliphatic rings. The van der Waals surface area contributed by atoms with E-state index in [1.54, 1.807) is 49.4 Å². The second kappa shape index (κ2) is 9.96. The molecule has 0 bridgehead atoms. The van der Waals surface area contributed by atoms with E-state index in [0.29, 0.717) is 17.1 Å². The predicted molar refractivity (Wildman–Crippen MR) is 124 cm³/mol. The van der Waals surface area contributed by atoms with Gasteiger partial charge in [0, 0.05) is 17.7 Å². The van der Waals surface area contributed by atoms with Crippen LogP contribution >= 0.6 is 0 Å². The first kappa shape index (κ1) is 23.3. The van der Waals surface area contributed by atoms with Crippen LogP contribution in [0.15, 0.2) is 72.8 Å². The van der Waals surface area contributed by atoms with Crippen molar-refractivity contribution in [2.24, 2.45) is 0 Å². The third-order valence-corrected chi connectivity index (χ3v) is 5.11. The van der Waals surface area contributed by atoms with E-state index in [1.165, 1.54) is 30.3 Å². The van der Waals surface area contributed by atoms with Gasteiger partial charge in [0.2, 0.25) is 5.52 Å². The number of hydrogen-bond acceptors (Lipinski definition) is 8. The summed E-state index contributed by atoms with van der Waals surface area (Å²) >= 11 is 0. The van der Waals surface area contributed by atoms with Crippen molar-refractivity contribution in [1.29, 1.82) is 0 Å². The first-order chi connectivity index (χ1) is 16.9. The fraction of sp³-hybridized carbons (Fsp3) is 0.120. The number of esters is 1. The predicted octanol–water partition coefficient (Wildman–Crippen LogP) is 3.76. The summed E-state index contributed by atoms with van der Waals surface area (Å²) in [6.45, 7) is 1.74. The van der Waals surface area contributed by atoms with Gasteiger partial charge in [-0.05, 0) is 31.2 Å². The summed E-state index contributed by atoms with van der Waals surface area (Å²) in [6.07, 6.45) is 0. The minimum atomic E-state index is -0.788. The molecule has 0 saturated heterocycles. The normalized spacial score (nSPS) is 10.7.